The van der Waals surface area contributed by atoms with Crippen LogP contribution >= 0.6 is 0 Å². The SMILES string of the molecule is C=C(NC1=C(C(=C)/C=C\C(NC(=O)[C@H]2CCCC[C@@H]2C(N)=O)=C(C)C)CN=C1C)O[C@H](C)C(C)=N/C=C\C. The molecule has 206 valence electrons. The van der Waals surface area contributed by atoms with Gasteiger partial charge < -0.3 is 21.1 Å². The average molecular weight is 522 g/mol. The number of carbonyl (C=O) groups is 2. The molecule has 1 aliphatic heterocycles. The van der Waals surface area contributed by atoms with Gasteiger partial charge in [0, 0.05) is 29.3 Å². The molecule has 0 aromatic heterocycles. The average Bonchev–Trinajstić information content (AvgIpc) is 3.23. The third-order valence-corrected chi connectivity index (χ3v) is 6.84. The van der Waals surface area contributed by atoms with Gasteiger partial charge in [-0.25, -0.2) is 0 Å². The highest BCUT2D eigenvalue weighted by atomic mass is 16.5. The molecular formula is C30H43N5O3. The number of rotatable bonds is 12. The van der Waals surface area contributed by atoms with E-state index in [-0.39, 0.29) is 12.0 Å². The maximum atomic E-state index is 13.1. The van der Waals surface area contributed by atoms with Gasteiger partial charge in [-0.3, -0.25) is 19.6 Å². The first kappa shape index (κ1) is 30.5. The monoisotopic (exact) mass is 521 g/mol. The molecule has 2 amide bonds. The Morgan fingerprint density at radius 3 is 2.42 bits per heavy atom. The molecule has 1 saturated carbocycles. The lowest BCUT2D eigenvalue weighted by Gasteiger charge is -2.28. The maximum absolute atomic E-state index is 13.1. The number of amides is 2. The van der Waals surface area contributed by atoms with Crippen molar-refractivity contribution < 1.29 is 14.3 Å². The minimum absolute atomic E-state index is 0.169. The van der Waals surface area contributed by atoms with Gasteiger partial charge >= 0.3 is 0 Å². The molecule has 38 heavy (non-hydrogen) atoms. The highest BCUT2D eigenvalue weighted by molar-refractivity contribution is 6.01. The van der Waals surface area contributed by atoms with Gasteiger partial charge in [0.15, 0.2) is 5.88 Å². The number of nitrogens with zero attached hydrogens (tertiary/aromatic N) is 2. The number of carbonyl (C=O) groups excluding carboxylic acids is 2. The van der Waals surface area contributed by atoms with E-state index in [4.69, 9.17) is 10.5 Å². The lowest BCUT2D eigenvalue weighted by molar-refractivity contribution is -0.134. The highest BCUT2D eigenvalue weighted by Gasteiger charge is 2.34. The predicted octanol–water partition coefficient (Wildman–Crippen LogP) is 4.99. The number of allylic oxidation sites excluding steroid dienone is 5. The van der Waals surface area contributed by atoms with Gasteiger partial charge in [-0.1, -0.05) is 37.1 Å². The second-order valence-electron chi connectivity index (χ2n) is 9.98. The van der Waals surface area contributed by atoms with E-state index in [1.807, 2.05) is 59.8 Å². The number of hydrogen-bond donors (Lipinski definition) is 3. The first-order valence-corrected chi connectivity index (χ1v) is 13.1. The molecule has 4 N–H and O–H groups in total. The van der Waals surface area contributed by atoms with Crippen LogP contribution in [0.3, 0.4) is 0 Å². The minimum atomic E-state index is -0.422. The van der Waals surface area contributed by atoms with E-state index in [1.54, 1.807) is 6.20 Å². The smallest absolute Gasteiger partial charge is 0.228 e. The summed E-state index contributed by atoms with van der Waals surface area (Å²) in [5.74, 6) is -1.01. The second-order valence-corrected chi connectivity index (χ2v) is 9.98. The van der Waals surface area contributed by atoms with Crippen molar-refractivity contribution in [3.63, 3.8) is 0 Å². The Hall–Kier alpha value is -3.68. The van der Waals surface area contributed by atoms with Crippen LogP contribution in [0.15, 0.2) is 81.6 Å². The molecule has 0 saturated heterocycles. The fraction of sp³-hybridized carbons (Fsp3) is 0.467. The van der Waals surface area contributed by atoms with Gasteiger partial charge in [0.25, 0.3) is 0 Å². The summed E-state index contributed by atoms with van der Waals surface area (Å²) in [7, 11) is 0. The van der Waals surface area contributed by atoms with Crippen molar-refractivity contribution in [1.82, 2.24) is 10.6 Å². The normalized spacial score (nSPS) is 20.8. The molecule has 0 aromatic carbocycles. The molecule has 0 unspecified atom stereocenters. The largest absolute Gasteiger partial charge is 0.470 e. The standard InChI is InChI=1S/C30H43N5O3/c1-9-16-32-20(5)22(7)38-23(8)34-28-21(6)33-17-26(28)19(4)14-15-27(18(2)3)35-30(37)25-13-11-10-12-24(25)29(31)36/h9,14-16,22,24-25,34H,4,8,10-13,17H2,1-3,5-7H3,(H2,31,36)(H,35,37)/b15-14-,16-9-,32-20?/t22-,24+,25+/m1/s1. The van der Waals surface area contributed by atoms with E-state index >= 15 is 0 Å². The summed E-state index contributed by atoms with van der Waals surface area (Å²) in [4.78, 5) is 33.8. The van der Waals surface area contributed by atoms with E-state index in [0.29, 0.717) is 31.0 Å². The summed E-state index contributed by atoms with van der Waals surface area (Å²) in [6, 6.07) is 0. The molecule has 2 rings (SSSR count). The lowest BCUT2D eigenvalue weighted by atomic mass is 9.78. The molecule has 8 heteroatoms. The van der Waals surface area contributed by atoms with Crippen LogP contribution in [0.4, 0.5) is 0 Å². The summed E-state index contributed by atoms with van der Waals surface area (Å²) in [6.07, 6.45) is 10.2. The number of nitrogens with two attached hydrogens (primary N) is 1. The van der Waals surface area contributed by atoms with Crippen molar-refractivity contribution in [2.75, 3.05) is 6.54 Å². The van der Waals surface area contributed by atoms with Crippen molar-refractivity contribution >= 4 is 23.2 Å². The lowest BCUT2D eigenvalue weighted by Crippen LogP contribution is -2.41. The zero-order valence-corrected chi connectivity index (χ0v) is 23.7. The van der Waals surface area contributed by atoms with Crippen molar-refractivity contribution in [1.29, 1.82) is 0 Å². The molecule has 0 aromatic rings. The maximum Gasteiger partial charge on any atom is 0.228 e. The molecule has 0 radical (unpaired) electrons. The molecule has 1 aliphatic carbocycles. The Morgan fingerprint density at radius 1 is 1.16 bits per heavy atom. The second kappa shape index (κ2) is 14.3. The van der Waals surface area contributed by atoms with Gasteiger partial charge in [0.2, 0.25) is 11.8 Å². The van der Waals surface area contributed by atoms with Crippen molar-refractivity contribution in [3.05, 3.63) is 71.6 Å². The Labute approximate surface area is 227 Å². The van der Waals surface area contributed by atoms with Crippen LogP contribution in [0.5, 0.6) is 0 Å². The van der Waals surface area contributed by atoms with Gasteiger partial charge in [-0.15, -0.1) is 0 Å². The van der Waals surface area contributed by atoms with Crippen LogP contribution in [0.1, 0.15) is 67.2 Å². The summed E-state index contributed by atoms with van der Waals surface area (Å²) < 4.78 is 5.91. The summed E-state index contributed by atoms with van der Waals surface area (Å²) in [6.45, 7) is 20.2. The molecule has 1 fully saturated rings. The summed E-state index contributed by atoms with van der Waals surface area (Å²) >= 11 is 0. The third-order valence-electron chi connectivity index (χ3n) is 6.84. The van der Waals surface area contributed by atoms with Gasteiger partial charge in [-0.05, 0) is 72.6 Å². The van der Waals surface area contributed by atoms with E-state index in [9.17, 15) is 9.59 Å². The quantitative estimate of drug-likeness (QED) is 0.190. The molecule has 0 spiro atoms. The first-order valence-electron chi connectivity index (χ1n) is 13.1. The van der Waals surface area contributed by atoms with Crippen LogP contribution in [0.2, 0.25) is 0 Å². The number of hydrogen-bond acceptors (Lipinski definition) is 6. The van der Waals surface area contributed by atoms with E-state index in [0.717, 1.165) is 46.7 Å². The van der Waals surface area contributed by atoms with Gasteiger partial charge in [-0.2, -0.15) is 0 Å². The fourth-order valence-electron chi connectivity index (χ4n) is 4.40. The number of aliphatic imine (C=N–C) groups is 2. The van der Waals surface area contributed by atoms with Crippen molar-refractivity contribution in [2.45, 2.75) is 73.3 Å². The molecule has 2 aliphatic rings. The Morgan fingerprint density at radius 2 is 1.82 bits per heavy atom. The summed E-state index contributed by atoms with van der Waals surface area (Å²) in [5.41, 5.74) is 11.3. The van der Waals surface area contributed by atoms with Crippen LogP contribution in [-0.4, -0.2) is 35.9 Å². The Balaban J connectivity index is 2.13. The molecule has 1 heterocycles. The van der Waals surface area contributed by atoms with Crippen LogP contribution in [0.25, 0.3) is 0 Å². The zero-order chi connectivity index (χ0) is 28.4. The predicted molar refractivity (Wildman–Crippen MR) is 155 cm³/mol. The number of nitrogens with one attached hydrogen (secondary N) is 2. The topological polar surface area (TPSA) is 118 Å². The Bertz CT molecular complexity index is 1130. The molecular weight excluding hydrogens is 478 g/mol. The molecule has 3 atom stereocenters. The van der Waals surface area contributed by atoms with Gasteiger partial charge in [0.1, 0.15) is 6.10 Å². The van der Waals surface area contributed by atoms with E-state index in [2.05, 4.69) is 33.8 Å². The first-order chi connectivity index (χ1) is 18.0. The minimum Gasteiger partial charge on any atom is -0.470 e. The van der Waals surface area contributed by atoms with Crippen molar-refractivity contribution in [2.24, 2.45) is 27.6 Å². The highest BCUT2D eigenvalue weighted by Crippen LogP contribution is 2.30. The van der Waals surface area contributed by atoms with E-state index < -0.39 is 17.7 Å². The zero-order valence-electron chi connectivity index (χ0n) is 23.7. The van der Waals surface area contributed by atoms with Gasteiger partial charge in [0.05, 0.1) is 23.7 Å². The van der Waals surface area contributed by atoms with E-state index in [1.165, 1.54) is 0 Å². The van der Waals surface area contributed by atoms with Crippen LogP contribution < -0.4 is 16.4 Å². The fourth-order valence-corrected chi connectivity index (χ4v) is 4.40. The number of primary amides is 1. The molecule has 8 nitrogen and oxygen atoms in total. The van der Waals surface area contributed by atoms with Crippen LogP contribution in [0, 0.1) is 11.8 Å². The third kappa shape index (κ3) is 8.43. The van der Waals surface area contributed by atoms with Crippen molar-refractivity contribution in [3.8, 4) is 0 Å². The summed E-state index contributed by atoms with van der Waals surface area (Å²) in [5, 5.41) is 6.25. The Kier molecular flexibility index (Phi) is 11.5. The molecule has 0 bridgehead atoms. The number of ether oxygens (including phenoxy) is 1. The van der Waals surface area contributed by atoms with Crippen LogP contribution in [-0.2, 0) is 14.3 Å².